The average molecular weight is 482 g/mol. The van der Waals surface area contributed by atoms with Crippen LogP contribution in [0, 0.1) is 6.92 Å². The van der Waals surface area contributed by atoms with E-state index in [2.05, 4.69) is 5.32 Å². The van der Waals surface area contributed by atoms with Gasteiger partial charge in [0.1, 0.15) is 5.82 Å². The molecule has 0 spiro atoms. The van der Waals surface area contributed by atoms with Gasteiger partial charge in [-0.05, 0) is 50.1 Å². The molecule has 2 heterocycles. The number of hydrogen-bond donors (Lipinski definition) is 1. The molecule has 3 aromatic rings. The Morgan fingerprint density at radius 3 is 2.34 bits per heavy atom. The van der Waals surface area contributed by atoms with Gasteiger partial charge in [0.25, 0.3) is 0 Å². The lowest BCUT2D eigenvalue weighted by Crippen LogP contribution is -2.47. The van der Waals surface area contributed by atoms with E-state index in [4.69, 9.17) is 9.97 Å². The molecule has 0 saturated carbocycles. The number of halogens is 3. The Balaban J connectivity index is 1.38. The van der Waals surface area contributed by atoms with E-state index in [9.17, 15) is 18.0 Å². The fraction of sp³-hybridized carbons (Fsp3) is 0.346. The number of aromatic nitrogens is 2. The topological polar surface area (TPSA) is 61.4 Å². The van der Waals surface area contributed by atoms with Crippen molar-refractivity contribution in [3.8, 4) is 0 Å². The first-order valence-corrected chi connectivity index (χ1v) is 11.7. The van der Waals surface area contributed by atoms with Crippen molar-refractivity contribution >= 4 is 28.9 Å². The molecular weight excluding hydrogens is 455 g/mol. The van der Waals surface area contributed by atoms with Crippen LogP contribution in [0.2, 0.25) is 0 Å². The van der Waals surface area contributed by atoms with Crippen LogP contribution in [-0.4, -0.2) is 41.9 Å². The second-order valence-electron chi connectivity index (χ2n) is 8.98. The highest BCUT2D eigenvalue weighted by atomic mass is 19.4. The number of piperazine rings is 1. The Morgan fingerprint density at radius 1 is 0.914 bits per heavy atom. The Bertz CT molecular complexity index is 1230. The van der Waals surface area contributed by atoms with E-state index in [-0.39, 0.29) is 5.78 Å². The molecule has 1 aliphatic carbocycles. The van der Waals surface area contributed by atoms with Crippen LogP contribution in [-0.2, 0) is 12.6 Å². The molecule has 2 aromatic carbocycles. The standard InChI is InChI=1S/C26H26F3N5O/c1-17-8-10-19(11-9-17)30-24-23-21(6-3-7-22(23)35)31-25(32-24)34-14-12-33(13-15-34)20-5-2-4-18(16-20)26(27,28)29/h2,4-5,8-11,16H,3,6-7,12-15H2,1H3,(H,30,31,32). The number of fused-ring (bicyclic) bond motifs is 1. The second kappa shape index (κ2) is 9.20. The number of alkyl halides is 3. The summed E-state index contributed by atoms with van der Waals surface area (Å²) in [7, 11) is 0. The van der Waals surface area contributed by atoms with Gasteiger partial charge < -0.3 is 15.1 Å². The lowest BCUT2D eigenvalue weighted by Gasteiger charge is -2.36. The van der Waals surface area contributed by atoms with Gasteiger partial charge in [0.2, 0.25) is 5.95 Å². The number of benzene rings is 2. The first-order valence-electron chi connectivity index (χ1n) is 11.7. The summed E-state index contributed by atoms with van der Waals surface area (Å²) in [5.74, 6) is 1.09. The van der Waals surface area contributed by atoms with Crippen LogP contribution in [0.4, 0.5) is 36.3 Å². The van der Waals surface area contributed by atoms with Gasteiger partial charge >= 0.3 is 6.18 Å². The zero-order valence-corrected chi connectivity index (χ0v) is 19.4. The molecule has 2 aliphatic rings. The van der Waals surface area contributed by atoms with Crippen molar-refractivity contribution < 1.29 is 18.0 Å². The van der Waals surface area contributed by atoms with E-state index in [1.807, 2.05) is 41.0 Å². The van der Waals surface area contributed by atoms with Crippen molar-refractivity contribution in [3.05, 3.63) is 70.9 Å². The molecule has 1 fully saturated rings. The van der Waals surface area contributed by atoms with Gasteiger partial charge in [-0.2, -0.15) is 18.2 Å². The van der Waals surface area contributed by atoms with Gasteiger partial charge in [0, 0.05) is 44.0 Å². The second-order valence-corrected chi connectivity index (χ2v) is 8.98. The number of nitrogens with zero attached hydrogens (tertiary/aromatic N) is 4. The van der Waals surface area contributed by atoms with Crippen molar-refractivity contribution in [1.82, 2.24) is 9.97 Å². The molecule has 0 unspecified atom stereocenters. The predicted molar refractivity (Wildman–Crippen MR) is 130 cm³/mol. The molecular formula is C26H26F3N5O. The number of rotatable bonds is 4. The molecule has 1 N–H and O–H groups in total. The summed E-state index contributed by atoms with van der Waals surface area (Å²) in [5, 5.41) is 3.31. The van der Waals surface area contributed by atoms with E-state index < -0.39 is 11.7 Å². The van der Waals surface area contributed by atoms with E-state index in [1.54, 1.807) is 6.07 Å². The van der Waals surface area contributed by atoms with E-state index in [0.29, 0.717) is 62.0 Å². The van der Waals surface area contributed by atoms with Crippen LogP contribution in [0.15, 0.2) is 48.5 Å². The third-order valence-electron chi connectivity index (χ3n) is 6.48. The van der Waals surface area contributed by atoms with Gasteiger partial charge in [-0.3, -0.25) is 4.79 Å². The first-order chi connectivity index (χ1) is 16.8. The summed E-state index contributed by atoms with van der Waals surface area (Å²) in [6.07, 6.45) is -2.42. The van der Waals surface area contributed by atoms with Gasteiger partial charge in [0.15, 0.2) is 5.78 Å². The maximum atomic E-state index is 13.1. The van der Waals surface area contributed by atoms with Crippen molar-refractivity contribution in [1.29, 1.82) is 0 Å². The van der Waals surface area contributed by atoms with Crippen LogP contribution < -0.4 is 15.1 Å². The Kier molecular flexibility index (Phi) is 6.08. The van der Waals surface area contributed by atoms with Gasteiger partial charge in [-0.25, -0.2) is 4.98 Å². The molecule has 0 radical (unpaired) electrons. The van der Waals surface area contributed by atoms with E-state index in [0.717, 1.165) is 29.4 Å². The van der Waals surface area contributed by atoms with Crippen molar-refractivity contribution in [2.45, 2.75) is 32.4 Å². The normalized spacial score (nSPS) is 16.3. The SMILES string of the molecule is Cc1ccc(Nc2nc(N3CCN(c4cccc(C(F)(F)F)c4)CC3)nc3c2C(=O)CCC3)cc1. The maximum absolute atomic E-state index is 13.1. The molecule has 0 amide bonds. The summed E-state index contributed by atoms with van der Waals surface area (Å²) in [6, 6.07) is 13.3. The van der Waals surface area contributed by atoms with Gasteiger partial charge in [-0.1, -0.05) is 23.8 Å². The Labute approximate surface area is 201 Å². The number of carbonyl (C=O) groups is 1. The molecule has 1 aromatic heterocycles. The molecule has 182 valence electrons. The molecule has 0 atom stereocenters. The van der Waals surface area contributed by atoms with E-state index >= 15 is 0 Å². The number of Topliss-reactive ketones (excluding diaryl/α,β-unsaturated/α-hetero) is 1. The summed E-state index contributed by atoms with van der Waals surface area (Å²) >= 11 is 0. The summed E-state index contributed by atoms with van der Waals surface area (Å²) < 4.78 is 39.4. The van der Waals surface area contributed by atoms with Gasteiger partial charge in [0.05, 0.1) is 16.8 Å². The maximum Gasteiger partial charge on any atom is 0.416 e. The molecule has 35 heavy (non-hydrogen) atoms. The fourth-order valence-corrected chi connectivity index (χ4v) is 4.56. The van der Waals surface area contributed by atoms with Crippen LogP contribution in [0.3, 0.4) is 0 Å². The largest absolute Gasteiger partial charge is 0.416 e. The zero-order chi connectivity index (χ0) is 24.6. The minimum atomic E-state index is -4.37. The molecule has 5 rings (SSSR count). The van der Waals surface area contributed by atoms with Crippen LogP contribution in [0.1, 0.15) is 40.0 Å². The summed E-state index contributed by atoms with van der Waals surface area (Å²) in [5.41, 5.74) is 3.19. The third-order valence-corrected chi connectivity index (χ3v) is 6.48. The summed E-state index contributed by atoms with van der Waals surface area (Å²) in [6.45, 7) is 4.22. The van der Waals surface area contributed by atoms with Gasteiger partial charge in [-0.15, -0.1) is 0 Å². The number of anilines is 4. The number of carbonyl (C=O) groups excluding carboxylic acids is 1. The predicted octanol–water partition coefficient (Wildman–Crippen LogP) is 5.39. The molecule has 0 bridgehead atoms. The number of nitrogens with one attached hydrogen (secondary N) is 1. The van der Waals surface area contributed by atoms with E-state index in [1.165, 1.54) is 12.1 Å². The van der Waals surface area contributed by atoms with Crippen molar-refractivity contribution in [2.24, 2.45) is 0 Å². The highest BCUT2D eigenvalue weighted by Crippen LogP contribution is 2.33. The molecule has 6 nitrogen and oxygen atoms in total. The fourth-order valence-electron chi connectivity index (χ4n) is 4.56. The first kappa shape index (κ1) is 23.1. The molecule has 1 saturated heterocycles. The van der Waals surface area contributed by atoms with Crippen molar-refractivity contribution in [2.75, 3.05) is 41.3 Å². The average Bonchev–Trinajstić information content (AvgIpc) is 2.85. The van der Waals surface area contributed by atoms with Crippen LogP contribution in [0.5, 0.6) is 0 Å². The Morgan fingerprint density at radius 2 is 1.63 bits per heavy atom. The van der Waals surface area contributed by atoms with Crippen molar-refractivity contribution in [3.63, 3.8) is 0 Å². The monoisotopic (exact) mass is 481 g/mol. The highest BCUT2D eigenvalue weighted by molar-refractivity contribution is 6.03. The summed E-state index contributed by atoms with van der Waals surface area (Å²) in [4.78, 5) is 26.2. The lowest BCUT2D eigenvalue weighted by atomic mass is 9.95. The smallest absolute Gasteiger partial charge is 0.368 e. The molecule has 9 heteroatoms. The Hall–Kier alpha value is -3.62. The quantitative estimate of drug-likeness (QED) is 0.539. The minimum Gasteiger partial charge on any atom is -0.368 e. The van der Waals surface area contributed by atoms with Crippen LogP contribution in [0.25, 0.3) is 0 Å². The number of hydrogen-bond acceptors (Lipinski definition) is 6. The van der Waals surface area contributed by atoms with Crippen LogP contribution >= 0.6 is 0 Å². The highest BCUT2D eigenvalue weighted by Gasteiger charge is 2.31. The lowest BCUT2D eigenvalue weighted by molar-refractivity contribution is -0.137. The third kappa shape index (κ3) is 4.94. The number of ketones is 1. The minimum absolute atomic E-state index is 0.0433. The number of aryl methyl sites for hydroxylation is 2. The zero-order valence-electron chi connectivity index (χ0n) is 19.4. The molecule has 1 aliphatic heterocycles.